The molecular weight excluding hydrogens is 247 g/mol. The molecule has 98 valence electrons. The van der Waals surface area contributed by atoms with Crippen LogP contribution in [0.2, 0.25) is 0 Å². The van der Waals surface area contributed by atoms with E-state index in [-0.39, 0.29) is 11.4 Å². The smallest absolute Gasteiger partial charge is 0.258 e. The normalized spacial score (nSPS) is 10.1. The van der Waals surface area contributed by atoms with Crippen molar-refractivity contribution < 1.29 is 13.9 Å². The Morgan fingerprint density at radius 3 is 2.84 bits per heavy atom. The number of anilines is 1. The highest BCUT2D eigenvalue weighted by molar-refractivity contribution is 6.05. The Labute approximate surface area is 110 Å². The van der Waals surface area contributed by atoms with Crippen molar-refractivity contribution in [3.05, 3.63) is 53.5 Å². The first-order valence-corrected chi connectivity index (χ1v) is 5.68. The molecule has 0 spiro atoms. The zero-order valence-corrected chi connectivity index (χ0v) is 10.6. The predicted molar refractivity (Wildman–Crippen MR) is 69.9 cm³/mol. The Hall–Kier alpha value is -2.43. The largest absolute Gasteiger partial charge is 0.480 e. The number of benzene rings is 1. The number of rotatable bonds is 3. The molecule has 0 unspecified atom stereocenters. The van der Waals surface area contributed by atoms with E-state index >= 15 is 0 Å². The lowest BCUT2D eigenvalue weighted by Crippen LogP contribution is -2.14. The molecule has 1 amide bonds. The van der Waals surface area contributed by atoms with Crippen LogP contribution >= 0.6 is 0 Å². The van der Waals surface area contributed by atoms with Crippen molar-refractivity contribution in [1.82, 2.24) is 4.98 Å². The maximum absolute atomic E-state index is 13.7. The number of carbonyl (C=O) groups is 1. The lowest BCUT2D eigenvalue weighted by molar-refractivity contribution is 0.102. The van der Waals surface area contributed by atoms with Gasteiger partial charge < -0.3 is 10.1 Å². The fraction of sp³-hybridized carbons (Fsp3) is 0.143. The molecule has 1 heterocycles. The number of hydrogen-bond donors (Lipinski definition) is 1. The number of hydrogen-bond acceptors (Lipinski definition) is 3. The molecule has 0 fully saturated rings. The van der Waals surface area contributed by atoms with Crippen molar-refractivity contribution >= 4 is 11.6 Å². The zero-order valence-electron chi connectivity index (χ0n) is 10.6. The predicted octanol–water partition coefficient (Wildman–Crippen LogP) is 2.79. The van der Waals surface area contributed by atoms with Gasteiger partial charge in [0.25, 0.3) is 5.91 Å². The highest BCUT2D eigenvalue weighted by Crippen LogP contribution is 2.21. The monoisotopic (exact) mass is 260 g/mol. The minimum Gasteiger partial charge on any atom is -0.480 e. The maximum Gasteiger partial charge on any atom is 0.258 e. The Kier molecular flexibility index (Phi) is 3.75. The molecule has 0 saturated carbocycles. The quantitative estimate of drug-likeness (QED) is 0.923. The summed E-state index contributed by atoms with van der Waals surface area (Å²) in [6.07, 6.45) is 1.54. The van der Waals surface area contributed by atoms with Crippen LogP contribution in [-0.2, 0) is 0 Å². The van der Waals surface area contributed by atoms with E-state index in [0.717, 1.165) is 5.56 Å². The van der Waals surface area contributed by atoms with Crippen molar-refractivity contribution in [1.29, 1.82) is 0 Å². The SMILES string of the molecule is COc1ncccc1NC(=O)c1ccc(C)cc1F. The van der Waals surface area contributed by atoms with E-state index in [2.05, 4.69) is 10.3 Å². The van der Waals surface area contributed by atoms with Crippen LogP contribution in [0.5, 0.6) is 5.88 Å². The number of aryl methyl sites for hydroxylation is 1. The third-order valence-corrected chi connectivity index (χ3v) is 2.58. The molecular formula is C14H13FN2O2. The molecule has 0 atom stereocenters. The molecule has 0 aliphatic rings. The third-order valence-electron chi connectivity index (χ3n) is 2.58. The molecule has 0 aliphatic heterocycles. The van der Waals surface area contributed by atoms with Gasteiger partial charge in [0.05, 0.1) is 12.7 Å². The lowest BCUT2D eigenvalue weighted by atomic mass is 10.1. The molecule has 1 aromatic carbocycles. The summed E-state index contributed by atoms with van der Waals surface area (Å²) >= 11 is 0. The van der Waals surface area contributed by atoms with Gasteiger partial charge in [-0.15, -0.1) is 0 Å². The van der Waals surface area contributed by atoms with Crippen LogP contribution in [0.1, 0.15) is 15.9 Å². The summed E-state index contributed by atoms with van der Waals surface area (Å²) in [6.45, 7) is 1.76. The van der Waals surface area contributed by atoms with E-state index in [1.165, 1.54) is 19.2 Å². The fourth-order valence-corrected chi connectivity index (χ4v) is 1.64. The zero-order chi connectivity index (χ0) is 13.8. The molecule has 0 bridgehead atoms. The average Bonchev–Trinajstić information content (AvgIpc) is 2.39. The van der Waals surface area contributed by atoms with Crippen LogP contribution in [0.3, 0.4) is 0 Å². The lowest BCUT2D eigenvalue weighted by Gasteiger charge is -2.09. The minimum absolute atomic E-state index is 0.0171. The number of methoxy groups -OCH3 is 1. The summed E-state index contributed by atoms with van der Waals surface area (Å²) in [4.78, 5) is 15.9. The molecule has 19 heavy (non-hydrogen) atoms. The molecule has 2 aromatic rings. The second-order valence-corrected chi connectivity index (χ2v) is 4.00. The van der Waals surface area contributed by atoms with E-state index in [9.17, 15) is 9.18 Å². The van der Waals surface area contributed by atoms with Gasteiger partial charge in [0.2, 0.25) is 5.88 Å². The van der Waals surface area contributed by atoms with Gasteiger partial charge >= 0.3 is 0 Å². The van der Waals surface area contributed by atoms with Gasteiger partial charge in [-0.2, -0.15) is 0 Å². The second-order valence-electron chi connectivity index (χ2n) is 4.00. The van der Waals surface area contributed by atoms with Gasteiger partial charge in [0.1, 0.15) is 11.5 Å². The van der Waals surface area contributed by atoms with Crippen molar-refractivity contribution in [3.63, 3.8) is 0 Å². The Morgan fingerprint density at radius 1 is 1.37 bits per heavy atom. The van der Waals surface area contributed by atoms with Gasteiger partial charge in [-0.05, 0) is 36.8 Å². The van der Waals surface area contributed by atoms with E-state index in [1.54, 1.807) is 31.3 Å². The first-order valence-electron chi connectivity index (χ1n) is 5.68. The van der Waals surface area contributed by atoms with E-state index in [4.69, 9.17) is 4.74 Å². The molecule has 1 N–H and O–H groups in total. The second kappa shape index (κ2) is 5.48. The number of ether oxygens (including phenoxy) is 1. The minimum atomic E-state index is -0.555. The molecule has 2 rings (SSSR count). The Balaban J connectivity index is 2.26. The number of aromatic nitrogens is 1. The summed E-state index contributed by atoms with van der Waals surface area (Å²) in [5, 5.41) is 2.57. The van der Waals surface area contributed by atoms with E-state index in [0.29, 0.717) is 5.69 Å². The van der Waals surface area contributed by atoms with Crippen LogP contribution in [-0.4, -0.2) is 18.0 Å². The van der Waals surface area contributed by atoms with E-state index < -0.39 is 11.7 Å². The molecule has 4 nitrogen and oxygen atoms in total. The van der Waals surface area contributed by atoms with Crippen LogP contribution in [0.4, 0.5) is 10.1 Å². The average molecular weight is 260 g/mol. The summed E-state index contributed by atoms with van der Waals surface area (Å²) in [7, 11) is 1.45. The van der Waals surface area contributed by atoms with E-state index in [1.807, 2.05) is 0 Å². The van der Waals surface area contributed by atoms with Crippen LogP contribution < -0.4 is 10.1 Å². The first kappa shape index (κ1) is 13.0. The summed E-state index contributed by atoms with van der Waals surface area (Å²) in [5.41, 5.74) is 1.14. The molecule has 0 radical (unpaired) electrons. The highest BCUT2D eigenvalue weighted by atomic mass is 19.1. The standard InChI is InChI=1S/C14H13FN2O2/c1-9-5-6-10(11(15)8-9)13(18)17-12-4-3-7-16-14(12)19-2/h3-8H,1-2H3,(H,17,18). The number of pyridine rings is 1. The van der Waals surface area contributed by atoms with Gasteiger partial charge in [0, 0.05) is 6.20 Å². The number of nitrogens with one attached hydrogen (secondary N) is 1. The highest BCUT2D eigenvalue weighted by Gasteiger charge is 2.14. The summed E-state index contributed by atoms with van der Waals surface area (Å²) in [6, 6.07) is 7.73. The number of nitrogens with zero attached hydrogens (tertiary/aromatic N) is 1. The topological polar surface area (TPSA) is 51.2 Å². The number of carbonyl (C=O) groups excluding carboxylic acids is 1. The van der Waals surface area contributed by atoms with Crippen LogP contribution in [0, 0.1) is 12.7 Å². The van der Waals surface area contributed by atoms with Gasteiger partial charge in [-0.25, -0.2) is 9.37 Å². The maximum atomic E-state index is 13.7. The van der Waals surface area contributed by atoms with Gasteiger partial charge in [0.15, 0.2) is 0 Å². The van der Waals surface area contributed by atoms with Crippen molar-refractivity contribution in [2.24, 2.45) is 0 Å². The fourth-order valence-electron chi connectivity index (χ4n) is 1.64. The summed E-state index contributed by atoms with van der Waals surface area (Å²) in [5.74, 6) is -0.812. The molecule has 5 heteroatoms. The van der Waals surface area contributed by atoms with Crippen molar-refractivity contribution in [3.8, 4) is 5.88 Å². The Bertz CT molecular complexity index is 614. The third kappa shape index (κ3) is 2.88. The van der Waals surface area contributed by atoms with Crippen LogP contribution in [0.15, 0.2) is 36.5 Å². The number of halogens is 1. The van der Waals surface area contributed by atoms with Gasteiger partial charge in [-0.3, -0.25) is 4.79 Å². The van der Waals surface area contributed by atoms with Crippen molar-refractivity contribution in [2.45, 2.75) is 6.92 Å². The summed E-state index contributed by atoms with van der Waals surface area (Å²) < 4.78 is 18.7. The van der Waals surface area contributed by atoms with Crippen LogP contribution in [0.25, 0.3) is 0 Å². The molecule has 0 aliphatic carbocycles. The Morgan fingerprint density at radius 2 is 2.16 bits per heavy atom. The molecule has 0 saturated heterocycles. The van der Waals surface area contributed by atoms with Gasteiger partial charge in [-0.1, -0.05) is 6.07 Å². The first-order chi connectivity index (χ1) is 9.11. The van der Waals surface area contributed by atoms with Crippen molar-refractivity contribution in [2.75, 3.05) is 12.4 Å². The molecule has 1 aromatic heterocycles. The number of amides is 1.